The fourth-order valence-electron chi connectivity index (χ4n) is 4.84. The summed E-state index contributed by atoms with van der Waals surface area (Å²) in [5, 5.41) is 13.1. The lowest BCUT2D eigenvalue weighted by Gasteiger charge is -2.20. The molecule has 37 heavy (non-hydrogen) atoms. The van der Waals surface area contributed by atoms with E-state index in [1.54, 1.807) is 20.4 Å². The Morgan fingerprint density at radius 2 is 2.00 bits per heavy atom. The van der Waals surface area contributed by atoms with Crippen LogP contribution in [0.2, 0.25) is 0 Å². The van der Waals surface area contributed by atoms with Crippen LogP contribution in [-0.4, -0.2) is 54.5 Å². The third-order valence-electron chi connectivity index (χ3n) is 6.75. The summed E-state index contributed by atoms with van der Waals surface area (Å²) in [5.41, 5.74) is 5.93. The zero-order valence-electron chi connectivity index (χ0n) is 21.0. The molecule has 0 saturated heterocycles. The Hall–Kier alpha value is -4.04. The van der Waals surface area contributed by atoms with Gasteiger partial charge in [-0.3, -0.25) is 9.78 Å². The molecule has 3 heterocycles. The number of aliphatic hydroxyl groups excluding tert-OH is 1. The number of hydrogen-bond donors (Lipinski definition) is 3. The van der Waals surface area contributed by atoms with E-state index in [1.807, 2.05) is 42.6 Å². The number of benzene rings is 2. The third-order valence-corrected chi connectivity index (χ3v) is 6.75. The third kappa shape index (κ3) is 5.11. The second-order valence-corrected chi connectivity index (χ2v) is 9.16. The maximum Gasteiger partial charge on any atom is 0.255 e. The van der Waals surface area contributed by atoms with Crippen LogP contribution in [0.1, 0.15) is 34.3 Å². The molecule has 1 unspecified atom stereocenters. The molecule has 0 radical (unpaired) electrons. The van der Waals surface area contributed by atoms with Crippen LogP contribution in [0.15, 0.2) is 54.9 Å². The first-order valence-electron chi connectivity index (χ1n) is 12.5. The van der Waals surface area contributed by atoms with Gasteiger partial charge in [-0.1, -0.05) is 6.07 Å². The fraction of sp³-hybridized carbons (Fsp3) is 0.310. The minimum atomic E-state index is -0.486. The molecule has 0 spiro atoms. The molecule has 5 rings (SSSR count). The fourth-order valence-corrected chi connectivity index (χ4v) is 4.84. The summed E-state index contributed by atoms with van der Waals surface area (Å²) in [6.07, 6.45) is 6.78. The summed E-state index contributed by atoms with van der Waals surface area (Å²) in [6, 6.07) is 13.0. The highest BCUT2D eigenvalue weighted by molar-refractivity contribution is 5.99. The van der Waals surface area contributed by atoms with Crippen molar-refractivity contribution in [3.05, 3.63) is 71.5 Å². The SMILES string of the molecule is COc1ccc(-c2cc3c(c(C(=O)NC(CO)Cc4c[nH]c5cccnc45)c2)OCCCC3)cc1OC. The number of aryl methyl sites for hydroxylation is 1. The lowest BCUT2D eigenvalue weighted by molar-refractivity contribution is 0.0912. The average molecular weight is 502 g/mol. The molecule has 2 aromatic heterocycles. The van der Waals surface area contributed by atoms with Gasteiger partial charge in [-0.05, 0) is 84.3 Å². The van der Waals surface area contributed by atoms with E-state index in [-0.39, 0.29) is 12.5 Å². The van der Waals surface area contributed by atoms with Crippen LogP contribution in [0.5, 0.6) is 17.2 Å². The second-order valence-electron chi connectivity index (χ2n) is 9.16. The van der Waals surface area contributed by atoms with E-state index in [2.05, 4.69) is 21.4 Å². The Bertz CT molecular complexity index is 1410. The predicted octanol–water partition coefficient (Wildman–Crippen LogP) is 4.30. The van der Waals surface area contributed by atoms with Gasteiger partial charge in [0.05, 0.1) is 50.1 Å². The van der Waals surface area contributed by atoms with Crippen molar-refractivity contribution in [1.82, 2.24) is 15.3 Å². The molecule has 0 fully saturated rings. The highest BCUT2D eigenvalue weighted by atomic mass is 16.5. The number of carbonyl (C=O) groups excluding carboxylic acids is 1. The van der Waals surface area contributed by atoms with Crippen molar-refractivity contribution in [2.45, 2.75) is 31.7 Å². The van der Waals surface area contributed by atoms with Crippen LogP contribution >= 0.6 is 0 Å². The summed E-state index contributed by atoms with van der Waals surface area (Å²) in [4.78, 5) is 21.3. The molecule has 8 nitrogen and oxygen atoms in total. The number of aromatic nitrogens is 2. The summed E-state index contributed by atoms with van der Waals surface area (Å²) in [7, 11) is 3.20. The van der Waals surface area contributed by atoms with Crippen LogP contribution in [-0.2, 0) is 12.8 Å². The Morgan fingerprint density at radius 3 is 2.81 bits per heavy atom. The molecular formula is C29H31N3O5. The molecule has 0 saturated carbocycles. The monoisotopic (exact) mass is 501 g/mol. The van der Waals surface area contributed by atoms with E-state index in [0.29, 0.717) is 35.8 Å². The van der Waals surface area contributed by atoms with Gasteiger partial charge in [0.25, 0.3) is 5.91 Å². The number of pyridine rings is 1. The van der Waals surface area contributed by atoms with Crippen molar-refractivity contribution >= 4 is 16.9 Å². The number of methoxy groups -OCH3 is 2. The van der Waals surface area contributed by atoms with Crippen LogP contribution in [0.3, 0.4) is 0 Å². The predicted molar refractivity (Wildman–Crippen MR) is 142 cm³/mol. The largest absolute Gasteiger partial charge is 0.493 e. The highest BCUT2D eigenvalue weighted by Gasteiger charge is 2.23. The van der Waals surface area contributed by atoms with Crippen molar-refractivity contribution in [2.24, 2.45) is 0 Å². The van der Waals surface area contributed by atoms with E-state index in [1.165, 1.54) is 0 Å². The maximum absolute atomic E-state index is 13.6. The number of rotatable bonds is 8. The molecule has 2 aromatic carbocycles. The molecule has 1 atom stereocenters. The second kappa shape index (κ2) is 10.9. The molecule has 1 aliphatic rings. The number of fused-ring (bicyclic) bond motifs is 2. The van der Waals surface area contributed by atoms with Gasteiger partial charge >= 0.3 is 0 Å². The number of aliphatic hydroxyl groups is 1. The normalized spacial score (nSPS) is 13.8. The number of H-pyrrole nitrogens is 1. The summed E-state index contributed by atoms with van der Waals surface area (Å²) < 4.78 is 16.9. The van der Waals surface area contributed by atoms with Gasteiger partial charge in [-0.25, -0.2) is 0 Å². The minimum Gasteiger partial charge on any atom is -0.493 e. The molecular weight excluding hydrogens is 470 g/mol. The van der Waals surface area contributed by atoms with Gasteiger partial charge in [0, 0.05) is 12.4 Å². The number of nitrogens with zero attached hydrogens (tertiary/aromatic N) is 1. The van der Waals surface area contributed by atoms with Crippen LogP contribution < -0.4 is 19.5 Å². The number of carbonyl (C=O) groups is 1. The van der Waals surface area contributed by atoms with E-state index < -0.39 is 6.04 Å². The summed E-state index contributed by atoms with van der Waals surface area (Å²) in [5.74, 6) is 1.58. The van der Waals surface area contributed by atoms with E-state index in [4.69, 9.17) is 14.2 Å². The Morgan fingerprint density at radius 1 is 1.14 bits per heavy atom. The Balaban J connectivity index is 1.47. The molecule has 192 valence electrons. The van der Waals surface area contributed by atoms with Gasteiger partial charge < -0.3 is 29.6 Å². The zero-order valence-corrected chi connectivity index (χ0v) is 21.0. The number of amides is 1. The standard InChI is InChI=1S/C29H31N3O5/c1-35-25-9-8-18(15-26(25)36-2)20-12-19-6-3-4-11-37-28(19)23(14-20)29(34)32-22(17-33)13-21-16-31-24-7-5-10-30-27(21)24/h5,7-10,12,14-16,22,31,33H,3-4,6,11,13,17H2,1-2H3,(H,32,34). The van der Waals surface area contributed by atoms with Gasteiger partial charge in [0.2, 0.25) is 0 Å². The quantitative estimate of drug-likeness (QED) is 0.333. The number of hydrogen-bond acceptors (Lipinski definition) is 6. The Kier molecular flexibility index (Phi) is 7.28. The van der Waals surface area contributed by atoms with Crippen LogP contribution in [0.25, 0.3) is 22.2 Å². The van der Waals surface area contributed by atoms with E-state index >= 15 is 0 Å². The number of ether oxygens (including phenoxy) is 3. The smallest absolute Gasteiger partial charge is 0.255 e. The molecule has 8 heteroatoms. The van der Waals surface area contributed by atoms with Gasteiger partial charge in [0.1, 0.15) is 5.75 Å². The molecule has 0 bridgehead atoms. The molecule has 0 aliphatic carbocycles. The summed E-state index contributed by atoms with van der Waals surface area (Å²) >= 11 is 0. The van der Waals surface area contributed by atoms with Crippen molar-refractivity contribution < 1.29 is 24.1 Å². The number of aromatic amines is 1. The van der Waals surface area contributed by atoms with E-state index in [9.17, 15) is 9.90 Å². The maximum atomic E-state index is 13.6. The van der Waals surface area contributed by atoms with Crippen LogP contribution in [0.4, 0.5) is 0 Å². The van der Waals surface area contributed by atoms with Gasteiger partial charge in [0.15, 0.2) is 11.5 Å². The highest BCUT2D eigenvalue weighted by Crippen LogP contribution is 2.37. The first-order valence-corrected chi connectivity index (χ1v) is 12.5. The average Bonchev–Trinajstić information content (AvgIpc) is 3.18. The first-order chi connectivity index (χ1) is 18.1. The van der Waals surface area contributed by atoms with Gasteiger partial charge in [-0.15, -0.1) is 0 Å². The lowest BCUT2D eigenvalue weighted by Crippen LogP contribution is -2.39. The van der Waals surface area contributed by atoms with Gasteiger partial charge in [-0.2, -0.15) is 0 Å². The van der Waals surface area contributed by atoms with E-state index in [0.717, 1.165) is 52.5 Å². The van der Waals surface area contributed by atoms with Crippen molar-refractivity contribution in [2.75, 3.05) is 27.4 Å². The zero-order chi connectivity index (χ0) is 25.8. The Labute approximate surface area is 215 Å². The van der Waals surface area contributed by atoms with Crippen molar-refractivity contribution in [3.8, 4) is 28.4 Å². The number of nitrogens with one attached hydrogen (secondary N) is 2. The van der Waals surface area contributed by atoms with Crippen LogP contribution in [0, 0.1) is 0 Å². The molecule has 3 N–H and O–H groups in total. The van der Waals surface area contributed by atoms with Crippen molar-refractivity contribution in [1.29, 1.82) is 0 Å². The minimum absolute atomic E-state index is 0.205. The molecule has 1 amide bonds. The molecule has 1 aliphatic heterocycles. The van der Waals surface area contributed by atoms with Crippen molar-refractivity contribution in [3.63, 3.8) is 0 Å². The molecule has 4 aromatic rings. The lowest BCUT2D eigenvalue weighted by atomic mass is 9.95. The summed E-state index contributed by atoms with van der Waals surface area (Å²) in [6.45, 7) is 0.358. The first kappa shape index (κ1) is 24.6. The topological polar surface area (TPSA) is 106 Å².